The second-order valence-electron chi connectivity index (χ2n) is 5.82. The summed E-state index contributed by atoms with van der Waals surface area (Å²) in [6.07, 6.45) is 7.83. The first kappa shape index (κ1) is 18.2. The van der Waals surface area contributed by atoms with Gasteiger partial charge < -0.3 is 11.1 Å². The van der Waals surface area contributed by atoms with E-state index in [0.29, 0.717) is 31.5 Å². The second kappa shape index (κ2) is 9.25. The third-order valence-corrected chi connectivity index (χ3v) is 5.20. The lowest BCUT2D eigenvalue weighted by Crippen LogP contribution is -2.39. The highest BCUT2D eigenvalue weighted by Gasteiger charge is 2.24. The number of nitrogens with two attached hydrogens (primary N) is 1. The third kappa shape index (κ3) is 7.66. The molecule has 0 spiro atoms. The van der Waals surface area contributed by atoms with Crippen LogP contribution in [0.25, 0.3) is 0 Å². The number of rotatable bonds is 8. The van der Waals surface area contributed by atoms with Crippen LogP contribution in [0, 0.1) is 5.92 Å². The van der Waals surface area contributed by atoms with Crippen LogP contribution in [0.4, 0.5) is 0 Å². The Labute approximate surface area is 129 Å². The fraction of sp³-hybridized carbons (Fsp3) is 0.929. The van der Waals surface area contributed by atoms with Gasteiger partial charge in [0.05, 0.1) is 6.26 Å². The number of nitrogens with one attached hydrogen (secondary N) is 1. The highest BCUT2D eigenvalue weighted by molar-refractivity contribution is 7.88. The lowest BCUT2D eigenvalue weighted by Gasteiger charge is -2.29. The Morgan fingerprint density at radius 1 is 1.29 bits per heavy atom. The molecular formula is C14H30N4O2S. The molecule has 1 rings (SSSR count). The van der Waals surface area contributed by atoms with Crippen LogP contribution in [0.1, 0.15) is 45.4 Å². The van der Waals surface area contributed by atoms with Crippen LogP contribution in [0.3, 0.4) is 0 Å². The van der Waals surface area contributed by atoms with E-state index in [1.165, 1.54) is 25.5 Å². The molecule has 0 atom stereocenters. The predicted octanol–water partition coefficient (Wildman–Crippen LogP) is 1.14. The van der Waals surface area contributed by atoms with Gasteiger partial charge in [0, 0.05) is 26.2 Å². The number of hydrogen-bond acceptors (Lipinski definition) is 3. The molecule has 1 aliphatic heterocycles. The van der Waals surface area contributed by atoms with Crippen molar-refractivity contribution < 1.29 is 8.42 Å². The van der Waals surface area contributed by atoms with E-state index in [9.17, 15) is 8.42 Å². The molecule has 0 bridgehead atoms. The Balaban J connectivity index is 2.18. The zero-order chi connectivity index (χ0) is 15.7. The molecule has 0 amide bonds. The Kier molecular flexibility index (Phi) is 8.03. The average molecular weight is 318 g/mol. The van der Waals surface area contributed by atoms with Gasteiger partial charge in [-0.3, -0.25) is 4.99 Å². The molecule has 0 aliphatic carbocycles. The average Bonchev–Trinajstić information content (AvgIpc) is 2.44. The minimum absolute atomic E-state index is 0.434. The topological polar surface area (TPSA) is 87.8 Å². The molecule has 0 aromatic heterocycles. The van der Waals surface area contributed by atoms with E-state index in [4.69, 9.17) is 5.73 Å². The van der Waals surface area contributed by atoms with Gasteiger partial charge in [-0.05, 0) is 25.2 Å². The van der Waals surface area contributed by atoms with Crippen LogP contribution >= 0.6 is 0 Å². The summed E-state index contributed by atoms with van der Waals surface area (Å²) in [6, 6.07) is 0. The van der Waals surface area contributed by atoms with E-state index in [1.54, 1.807) is 4.31 Å². The van der Waals surface area contributed by atoms with Crippen molar-refractivity contribution in [3.63, 3.8) is 0 Å². The molecule has 0 aromatic rings. The van der Waals surface area contributed by atoms with Gasteiger partial charge in [0.2, 0.25) is 10.0 Å². The predicted molar refractivity (Wildman–Crippen MR) is 87.8 cm³/mol. The summed E-state index contributed by atoms with van der Waals surface area (Å²) in [4.78, 5) is 4.37. The van der Waals surface area contributed by atoms with Gasteiger partial charge in [0.25, 0.3) is 0 Å². The van der Waals surface area contributed by atoms with E-state index in [0.717, 1.165) is 25.8 Å². The number of unbranched alkanes of at least 4 members (excludes halogenated alkanes) is 3. The largest absolute Gasteiger partial charge is 0.370 e. The molecule has 1 fully saturated rings. The Morgan fingerprint density at radius 2 is 1.95 bits per heavy atom. The normalized spacial score (nSPS) is 18.9. The zero-order valence-corrected chi connectivity index (χ0v) is 14.2. The van der Waals surface area contributed by atoms with Crippen LogP contribution in [0.15, 0.2) is 4.99 Å². The summed E-state index contributed by atoms with van der Waals surface area (Å²) in [5.74, 6) is 0.945. The first-order valence-corrected chi connectivity index (χ1v) is 9.77. The number of sulfonamides is 1. The quantitative estimate of drug-likeness (QED) is 0.399. The van der Waals surface area contributed by atoms with E-state index in [2.05, 4.69) is 17.2 Å². The van der Waals surface area contributed by atoms with Gasteiger partial charge in [-0.25, -0.2) is 12.7 Å². The monoisotopic (exact) mass is 318 g/mol. The Morgan fingerprint density at radius 3 is 2.52 bits per heavy atom. The highest BCUT2D eigenvalue weighted by Crippen LogP contribution is 2.19. The number of aliphatic imine (C=N–C) groups is 1. The van der Waals surface area contributed by atoms with Crippen LogP contribution in [0.5, 0.6) is 0 Å². The Hall–Kier alpha value is -0.820. The molecule has 6 nitrogen and oxygen atoms in total. The number of piperidine rings is 1. The summed E-state index contributed by atoms with van der Waals surface area (Å²) in [6.45, 7) is 4.96. The van der Waals surface area contributed by atoms with Gasteiger partial charge >= 0.3 is 0 Å². The smallest absolute Gasteiger partial charge is 0.211 e. The molecule has 0 unspecified atom stereocenters. The van der Waals surface area contributed by atoms with Crippen LogP contribution in [-0.2, 0) is 10.0 Å². The molecular weight excluding hydrogens is 288 g/mol. The fourth-order valence-electron chi connectivity index (χ4n) is 2.48. The summed E-state index contributed by atoms with van der Waals surface area (Å²) >= 11 is 0. The summed E-state index contributed by atoms with van der Waals surface area (Å²) in [7, 11) is -3.04. The van der Waals surface area contributed by atoms with Crippen molar-refractivity contribution in [1.82, 2.24) is 9.62 Å². The standard InChI is InChI=1S/C14H30N4O2S/c1-3-4-5-6-9-16-14(15)17-12-13-7-10-18(11-8-13)21(2,19)20/h13H,3-12H2,1-2H3,(H3,15,16,17). The van der Waals surface area contributed by atoms with E-state index >= 15 is 0 Å². The molecule has 124 valence electrons. The van der Waals surface area contributed by atoms with Gasteiger partial charge in [-0.15, -0.1) is 0 Å². The Bertz CT molecular complexity index is 415. The lowest BCUT2D eigenvalue weighted by molar-refractivity contribution is 0.280. The van der Waals surface area contributed by atoms with Crippen molar-refractivity contribution in [2.24, 2.45) is 16.6 Å². The molecule has 1 saturated heterocycles. The summed E-state index contributed by atoms with van der Waals surface area (Å²) in [5, 5.41) is 3.14. The minimum atomic E-state index is -3.04. The van der Waals surface area contributed by atoms with E-state index in [1.807, 2.05) is 0 Å². The number of hydrogen-bond donors (Lipinski definition) is 2. The van der Waals surface area contributed by atoms with Gasteiger partial charge in [0.1, 0.15) is 0 Å². The van der Waals surface area contributed by atoms with Crippen LogP contribution < -0.4 is 11.1 Å². The van der Waals surface area contributed by atoms with Crippen molar-refractivity contribution in [2.45, 2.75) is 45.4 Å². The van der Waals surface area contributed by atoms with Crippen molar-refractivity contribution in [2.75, 3.05) is 32.4 Å². The molecule has 1 aliphatic rings. The molecule has 0 radical (unpaired) electrons. The van der Waals surface area contributed by atoms with Crippen LogP contribution in [-0.4, -0.2) is 51.1 Å². The minimum Gasteiger partial charge on any atom is -0.370 e. The number of guanidine groups is 1. The highest BCUT2D eigenvalue weighted by atomic mass is 32.2. The lowest BCUT2D eigenvalue weighted by atomic mass is 9.98. The number of nitrogens with zero attached hydrogens (tertiary/aromatic N) is 2. The third-order valence-electron chi connectivity index (χ3n) is 3.90. The van der Waals surface area contributed by atoms with Crippen molar-refractivity contribution in [1.29, 1.82) is 0 Å². The summed E-state index contributed by atoms with van der Waals surface area (Å²) in [5.41, 5.74) is 5.83. The molecule has 1 heterocycles. The maximum atomic E-state index is 11.4. The second-order valence-corrected chi connectivity index (χ2v) is 7.80. The first-order valence-electron chi connectivity index (χ1n) is 7.92. The summed E-state index contributed by atoms with van der Waals surface area (Å²) < 4.78 is 24.4. The van der Waals surface area contributed by atoms with Crippen LogP contribution in [0.2, 0.25) is 0 Å². The molecule has 0 saturated carbocycles. The van der Waals surface area contributed by atoms with Gasteiger partial charge in [-0.1, -0.05) is 26.2 Å². The van der Waals surface area contributed by atoms with Gasteiger partial charge in [0.15, 0.2) is 5.96 Å². The molecule has 7 heteroatoms. The molecule has 0 aromatic carbocycles. The van der Waals surface area contributed by atoms with E-state index < -0.39 is 10.0 Å². The maximum absolute atomic E-state index is 11.4. The van der Waals surface area contributed by atoms with Crippen molar-refractivity contribution >= 4 is 16.0 Å². The fourth-order valence-corrected chi connectivity index (χ4v) is 3.35. The van der Waals surface area contributed by atoms with Crippen molar-refractivity contribution in [3.05, 3.63) is 0 Å². The first-order chi connectivity index (χ1) is 9.93. The zero-order valence-electron chi connectivity index (χ0n) is 13.3. The van der Waals surface area contributed by atoms with Crippen molar-refractivity contribution in [3.8, 4) is 0 Å². The van der Waals surface area contributed by atoms with Gasteiger partial charge in [-0.2, -0.15) is 0 Å². The van der Waals surface area contributed by atoms with E-state index in [-0.39, 0.29) is 0 Å². The molecule has 3 N–H and O–H groups in total. The maximum Gasteiger partial charge on any atom is 0.211 e. The SMILES string of the molecule is CCCCCCNC(N)=NCC1CCN(S(C)(=O)=O)CC1. The molecule has 21 heavy (non-hydrogen) atoms.